The van der Waals surface area contributed by atoms with Gasteiger partial charge in [0, 0.05) is 0 Å². The monoisotopic (exact) mass is 312 g/mol. The maximum atomic E-state index is 8.76. The van der Waals surface area contributed by atoms with Crippen LogP contribution in [0.3, 0.4) is 0 Å². The molecule has 0 aliphatic heterocycles. The van der Waals surface area contributed by atoms with Gasteiger partial charge in [-0.2, -0.15) is 0 Å². The molecule has 0 aromatic carbocycles. The Hall–Kier alpha value is -0.340. The molecule has 2 nitrogen and oxygen atoms in total. The van der Waals surface area contributed by atoms with Crippen molar-refractivity contribution in [2.24, 2.45) is 0 Å². The minimum atomic E-state index is 0.139. The van der Waals surface area contributed by atoms with Crippen molar-refractivity contribution < 1.29 is 9.84 Å². The van der Waals surface area contributed by atoms with E-state index in [1.165, 1.54) is 70.6 Å². The molecule has 1 N–H and O–H groups in total. The Morgan fingerprint density at radius 3 is 2.00 bits per heavy atom. The van der Waals surface area contributed by atoms with E-state index in [0.29, 0.717) is 12.7 Å². The summed E-state index contributed by atoms with van der Waals surface area (Å²) in [5.74, 6) is 0. The molecule has 0 fully saturated rings. The third-order valence-electron chi connectivity index (χ3n) is 4.19. The fourth-order valence-corrected chi connectivity index (χ4v) is 2.71. The second-order valence-corrected chi connectivity index (χ2v) is 6.29. The number of ether oxygens (including phenoxy) is 1. The Labute approximate surface area is 139 Å². The zero-order chi connectivity index (χ0) is 16.3. The molecule has 0 aliphatic rings. The molecule has 0 saturated heterocycles. The summed E-state index contributed by atoms with van der Waals surface area (Å²) in [5, 5.41) is 8.76. The van der Waals surface area contributed by atoms with E-state index >= 15 is 0 Å². The molecule has 0 rings (SSSR count). The van der Waals surface area contributed by atoms with Crippen molar-refractivity contribution in [1.82, 2.24) is 0 Å². The van der Waals surface area contributed by atoms with Crippen LogP contribution in [0.25, 0.3) is 0 Å². The van der Waals surface area contributed by atoms with E-state index in [0.717, 1.165) is 12.8 Å². The lowest BCUT2D eigenvalue weighted by Gasteiger charge is -2.14. The molecule has 0 saturated carbocycles. The van der Waals surface area contributed by atoms with Crippen LogP contribution in [0, 0.1) is 0 Å². The largest absolute Gasteiger partial charge is 0.394 e. The number of unbranched alkanes of at least 4 members (excludes halogenated alkanes) is 9. The van der Waals surface area contributed by atoms with Crippen molar-refractivity contribution in [3.8, 4) is 0 Å². The highest BCUT2D eigenvalue weighted by molar-refractivity contribution is 4.81. The maximum Gasteiger partial charge on any atom is 0.0701 e. The summed E-state index contributed by atoms with van der Waals surface area (Å²) in [6.07, 6.45) is 21.9. The normalized spacial score (nSPS) is 13.0. The highest BCUT2D eigenvalue weighted by atomic mass is 16.5. The molecule has 0 aliphatic carbocycles. The predicted molar refractivity (Wildman–Crippen MR) is 97.3 cm³/mol. The molecular weight excluding hydrogens is 272 g/mol. The molecule has 1 atom stereocenters. The second-order valence-electron chi connectivity index (χ2n) is 6.29. The van der Waals surface area contributed by atoms with Gasteiger partial charge in [0.2, 0.25) is 0 Å². The van der Waals surface area contributed by atoms with Gasteiger partial charge in [-0.3, -0.25) is 0 Å². The van der Waals surface area contributed by atoms with Gasteiger partial charge >= 0.3 is 0 Å². The molecule has 0 amide bonds. The summed E-state index contributed by atoms with van der Waals surface area (Å²) in [7, 11) is 0. The van der Waals surface area contributed by atoms with Crippen LogP contribution in [0.5, 0.6) is 0 Å². The van der Waals surface area contributed by atoms with Gasteiger partial charge in [-0.25, -0.2) is 0 Å². The van der Waals surface area contributed by atoms with E-state index in [9.17, 15) is 0 Å². The first-order valence-electron chi connectivity index (χ1n) is 9.72. The first kappa shape index (κ1) is 21.7. The molecule has 2 heteroatoms. The van der Waals surface area contributed by atoms with Gasteiger partial charge in [-0.05, 0) is 38.5 Å². The Morgan fingerprint density at radius 1 is 0.818 bits per heavy atom. The van der Waals surface area contributed by atoms with Crippen molar-refractivity contribution in [3.63, 3.8) is 0 Å². The summed E-state index contributed by atoms with van der Waals surface area (Å²) in [4.78, 5) is 0. The number of hydrogen-bond donors (Lipinski definition) is 1. The van der Waals surface area contributed by atoms with Gasteiger partial charge in [0.05, 0.1) is 19.3 Å². The number of hydrogen-bond acceptors (Lipinski definition) is 2. The topological polar surface area (TPSA) is 29.5 Å². The lowest BCUT2D eigenvalue weighted by Crippen LogP contribution is -2.14. The van der Waals surface area contributed by atoms with Gasteiger partial charge in [-0.15, -0.1) is 0 Å². The van der Waals surface area contributed by atoms with Crippen LogP contribution in [0.4, 0.5) is 0 Å². The highest BCUT2D eigenvalue weighted by Crippen LogP contribution is 2.12. The van der Waals surface area contributed by atoms with Crippen molar-refractivity contribution in [1.29, 1.82) is 0 Å². The van der Waals surface area contributed by atoms with Gasteiger partial charge < -0.3 is 9.84 Å². The summed E-state index contributed by atoms with van der Waals surface area (Å²) < 4.78 is 5.58. The molecule has 0 aromatic heterocycles. The van der Waals surface area contributed by atoms with E-state index in [4.69, 9.17) is 9.84 Å². The van der Waals surface area contributed by atoms with Crippen molar-refractivity contribution in [2.75, 3.05) is 13.2 Å². The Bertz CT molecular complexity index is 226. The van der Waals surface area contributed by atoms with Crippen molar-refractivity contribution >= 4 is 0 Å². The number of rotatable bonds is 17. The number of allylic oxidation sites excluding steroid dienone is 2. The second kappa shape index (κ2) is 18.7. The first-order chi connectivity index (χ1) is 10.8. The lowest BCUT2D eigenvalue weighted by atomic mass is 10.1. The zero-order valence-corrected chi connectivity index (χ0v) is 15.2. The van der Waals surface area contributed by atoms with Crippen LogP contribution in [0.15, 0.2) is 12.2 Å². The molecule has 0 bridgehead atoms. The predicted octanol–water partition coefficient (Wildman–Crippen LogP) is 6.03. The molecule has 132 valence electrons. The van der Waals surface area contributed by atoms with Crippen LogP contribution < -0.4 is 0 Å². The minimum Gasteiger partial charge on any atom is -0.394 e. The van der Waals surface area contributed by atoms with Gasteiger partial charge in [0.15, 0.2) is 0 Å². The van der Waals surface area contributed by atoms with Gasteiger partial charge in [0.25, 0.3) is 0 Å². The van der Waals surface area contributed by atoms with Gasteiger partial charge in [0.1, 0.15) is 0 Å². The van der Waals surface area contributed by atoms with E-state index in [2.05, 4.69) is 26.0 Å². The minimum absolute atomic E-state index is 0.139. The van der Waals surface area contributed by atoms with Crippen molar-refractivity contribution in [2.45, 2.75) is 103 Å². The van der Waals surface area contributed by atoms with Crippen molar-refractivity contribution in [3.05, 3.63) is 12.2 Å². The van der Waals surface area contributed by atoms with Crippen LogP contribution in [0.1, 0.15) is 97.3 Å². The quantitative estimate of drug-likeness (QED) is 0.262. The molecule has 0 radical (unpaired) electrons. The number of aliphatic hydroxyl groups excluding tert-OH is 1. The highest BCUT2D eigenvalue weighted by Gasteiger charge is 2.05. The summed E-state index contributed by atoms with van der Waals surface area (Å²) in [5.41, 5.74) is 0. The first-order valence-corrected chi connectivity index (χ1v) is 9.72. The van der Waals surface area contributed by atoms with Gasteiger partial charge in [-0.1, -0.05) is 70.9 Å². The summed E-state index contributed by atoms with van der Waals surface area (Å²) in [6, 6.07) is 0. The summed E-state index contributed by atoms with van der Waals surface area (Å²) >= 11 is 0. The van der Waals surface area contributed by atoms with E-state index < -0.39 is 0 Å². The Balaban J connectivity index is 3.25. The molecule has 0 spiro atoms. The molecule has 0 heterocycles. The van der Waals surface area contributed by atoms with E-state index in [1.807, 2.05) is 0 Å². The fraction of sp³-hybridized carbons (Fsp3) is 0.900. The molecule has 1 unspecified atom stereocenters. The maximum absolute atomic E-state index is 8.76. The van der Waals surface area contributed by atoms with Crippen LogP contribution in [-0.2, 0) is 4.74 Å². The zero-order valence-electron chi connectivity index (χ0n) is 15.2. The molecule has 0 aromatic rings. The Morgan fingerprint density at radius 2 is 1.41 bits per heavy atom. The lowest BCUT2D eigenvalue weighted by molar-refractivity contribution is 0.0208. The SMILES string of the molecule is CCCCCCCC/C=C\CCCCCC(CC)OCCO. The average molecular weight is 313 g/mol. The Kier molecular flexibility index (Phi) is 18.4. The van der Waals surface area contributed by atoms with E-state index in [-0.39, 0.29) is 6.61 Å². The van der Waals surface area contributed by atoms with Crippen LogP contribution >= 0.6 is 0 Å². The van der Waals surface area contributed by atoms with Crippen LogP contribution in [0.2, 0.25) is 0 Å². The summed E-state index contributed by atoms with van der Waals surface area (Å²) in [6.45, 7) is 5.06. The average Bonchev–Trinajstić information content (AvgIpc) is 2.54. The third-order valence-corrected chi connectivity index (χ3v) is 4.19. The third kappa shape index (κ3) is 16.0. The standard InChI is InChI=1S/C20H40O2/c1-3-5-6-7-8-9-10-11-12-13-14-15-16-17-20(4-2)22-19-18-21/h11-12,20-21H,3-10,13-19H2,1-2H3/b12-11-. The van der Waals surface area contributed by atoms with Crippen LogP contribution in [-0.4, -0.2) is 24.4 Å². The van der Waals surface area contributed by atoms with E-state index in [1.54, 1.807) is 0 Å². The molecule has 22 heavy (non-hydrogen) atoms. The fourth-order valence-electron chi connectivity index (χ4n) is 2.71. The smallest absolute Gasteiger partial charge is 0.0701 e. The number of aliphatic hydroxyl groups is 1. The molecular formula is C20H40O2.